The molecule has 1 spiro atoms. The summed E-state index contributed by atoms with van der Waals surface area (Å²) in [6.45, 7) is 2.73. The molecule has 0 N–H and O–H groups in total. The first-order chi connectivity index (χ1) is 11.3. The van der Waals surface area contributed by atoms with Gasteiger partial charge in [0.1, 0.15) is 11.9 Å². The Kier molecular flexibility index (Phi) is 3.92. The highest BCUT2D eigenvalue weighted by Gasteiger charge is 2.43. The monoisotopic (exact) mass is 310 g/mol. The van der Waals surface area contributed by atoms with Crippen molar-refractivity contribution in [2.45, 2.75) is 31.0 Å². The maximum absolute atomic E-state index is 6.18. The van der Waals surface area contributed by atoms with Crippen LogP contribution in [0.3, 0.4) is 0 Å². The predicted octanol–water partition coefficient (Wildman–Crippen LogP) is 3.29. The second kappa shape index (κ2) is 6.20. The van der Waals surface area contributed by atoms with Gasteiger partial charge in [0.2, 0.25) is 0 Å². The lowest BCUT2D eigenvalue weighted by Crippen LogP contribution is -2.44. The molecule has 2 aliphatic rings. The molecule has 2 fully saturated rings. The summed E-state index contributed by atoms with van der Waals surface area (Å²) in [5.41, 5.74) is 1.20. The second-order valence-electron chi connectivity index (χ2n) is 6.45. The van der Waals surface area contributed by atoms with E-state index >= 15 is 0 Å². The van der Waals surface area contributed by atoms with E-state index in [1.807, 2.05) is 48.8 Å². The molecule has 4 rings (SSSR count). The molecule has 0 amide bonds. The molecule has 120 valence electrons. The maximum Gasteiger partial charge on any atom is 0.125 e. The Morgan fingerprint density at radius 3 is 2.65 bits per heavy atom. The number of rotatable bonds is 3. The van der Waals surface area contributed by atoms with Gasteiger partial charge in [-0.2, -0.15) is 0 Å². The first-order valence-electron chi connectivity index (χ1n) is 8.34. The SMILES string of the molecule is c1ccc(O[C@H]2COC3(CCN(c4cccnc4)CC3)C2)cc1. The van der Waals surface area contributed by atoms with Gasteiger partial charge in [0.05, 0.1) is 24.1 Å². The first-order valence-corrected chi connectivity index (χ1v) is 8.34. The van der Waals surface area contributed by atoms with Crippen molar-refractivity contribution in [3.05, 3.63) is 54.9 Å². The molecule has 0 bridgehead atoms. The van der Waals surface area contributed by atoms with Crippen LogP contribution in [-0.4, -0.2) is 36.4 Å². The normalized spacial score (nSPS) is 23.1. The third-order valence-electron chi connectivity index (χ3n) is 4.91. The molecular weight excluding hydrogens is 288 g/mol. The highest BCUT2D eigenvalue weighted by atomic mass is 16.6. The van der Waals surface area contributed by atoms with E-state index in [0.29, 0.717) is 6.61 Å². The van der Waals surface area contributed by atoms with Crippen molar-refractivity contribution in [1.82, 2.24) is 4.98 Å². The summed E-state index contributed by atoms with van der Waals surface area (Å²) in [5.74, 6) is 0.936. The van der Waals surface area contributed by atoms with Gasteiger partial charge < -0.3 is 14.4 Å². The van der Waals surface area contributed by atoms with Crippen LogP contribution in [0, 0.1) is 0 Å². The summed E-state index contributed by atoms with van der Waals surface area (Å²) in [4.78, 5) is 6.61. The molecule has 1 atom stereocenters. The number of anilines is 1. The number of hydrogen-bond donors (Lipinski definition) is 0. The topological polar surface area (TPSA) is 34.6 Å². The fourth-order valence-corrected chi connectivity index (χ4v) is 3.63. The van der Waals surface area contributed by atoms with Crippen LogP contribution in [0.25, 0.3) is 0 Å². The quantitative estimate of drug-likeness (QED) is 0.871. The third-order valence-corrected chi connectivity index (χ3v) is 4.91. The van der Waals surface area contributed by atoms with Gasteiger partial charge in [-0.05, 0) is 37.1 Å². The molecule has 0 aliphatic carbocycles. The highest BCUT2D eigenvalue weighted by Crippen LogP contribution is 2.38. The number of ether oxygens (including phenoxy) is 2. The highest BCUT2D eigenvalue weighted by molar-refractivity contribution is 5.44. The van der Waals surface area contributed by atoms with Crippen molar-refractivity contribution in [2.24, 2.45) is 0 Å². The van der Waals surface area contributed by atoms with E-state index in [1.54, 1.807) is 0 Å². The van der Waals surface area contributed by atoms with Gasteiger partial charge in [0.15, 0.2) is 0 Å². The van der Waals surface area contributed by atoms with Gasteiger partial charge in [-0.3, -0.25) is 4.98 Å². The average Bonchev–Trinajstić information content (AvgIpc) is 2.99. The first kappa shape index (κ1) is 14.5. The number of piperidine rings is 1. The lowest BCUT2D eigenvalue weighted by Gasteiger charge is -2.39. The van der Waals surface area contributed by atoms with Crippen molar-refractivity contribution >= 4 is 5.69 Å². The fraction of sp³-hybridized carbons (Fsp3) is 0.421. The van der Waals surface area contributed by atoms with Crippen LogP contribution < -0.4 is 9.64 Å². The lowest BCUT2D eigenvalue weighted by atomic mass is 9.88. The molecule has 1 aromatic heterocycles. The largest absolute Gasteiger partial charge is 0.488 e. The number of benzene rings is 1. The molecular formula is C19H22N2O2. The summed E-state index contributed by atoms with van der Waals surface area (Å²) < 4.78 is 12.2. The van der Waals surface area contributed by atoms with Crippen LogP contribution in [0.1, 0.15) is 19.3 Å². The van der Waals surface area contributed by atoms with Gasteiger partial charge in [0.25, 0.3) is 0 Å². The molecule has 2 aromatic rings. The molecule has 0 unspecified atom stereocenters. The molecule has 4 heteroatoms. The summed E-state index contributed by atoms with van der Waals surface area (Å²) >= 11 is 0. The lowest BCUT2D eigenvalue weighted by molar-refractivity contribution is -0.0162. The van der Waals surface area contributed by atoms with Crippen LogP contribution in [0.4, 0.5) is 5.69 Å². The molecule has 2 saturated heterocycles. The Labute approximate surface area is 137 Å². The summed E-state index contributed by atoms with van der Waals surface area (Å²) in [5, 5.41) is 0. The third kappa shape index (κ3) is 3.17. The van der Waals surface area contributed by atoms with Crippen LogP contribution >= 0.6 is 0 Å². The van der Waals surface area contributed by atoms with E-state index in [0.717, 1.165) is 38.1 Å². The summed E-state index contributed by atoms with van der Waals surface area (Å²) in [7, 11) is 0. The fourth-order valence-electron chi connectivity index (χ4n) is 3.63. The molecule has 1 aromatic carbocycles. The Balaban J connectivity index is 1.35. The zero-order valence-electron chi connectivity index (χ0n) is 13.2. The van der Waals surface area contributed by atoms with E-state index in [1.165, 1.54) is 5.69 Å². The van der Waals surface area contributed by atoms with Gasteiger partial charge in [-0.25, -0.2) is 0 Å². The standard InChI is InChI=1S/C19H22N2O2/c1-2-6-17(7-3-1)23-18-13-19(22-15-18)8-11-21(12-9-19)16-5-4-10-20-14-16/h1-7,10,14,18H,8-9,11-13,15H2/t18-/m1/s1. The zero-order chi connectivity index (χ0) is 15.5. The maximum atomic E-state index is 6.18. The average molecular weight is 310 g/mol. The number of aromatic nitrogens is 1. The molecule has 0 radical (unpaired) electrons. The van der Waals surface area contributed by atoms with Gasteiger partial charge in [-0.15, -0.1) is 0 Å². The van der Waals surface area contributed by atoms with E-state index in [9.17, 15) is 0 Å². The number of nitrogens with zero attached hydrogens (tertiary/aromatic N) is 2. The van der Waals surface area contributed by atoms with E-state index in [4.69, 9.17) is 9.47 Å². The molecule has 0 saturated carbocycles. The predicted molar refractivity (Wildman–Crippen MR) is 89.8 cm³/mol. The Morgan fingerprint density at radius 1 is 1.09 bits per heavy atom. The summed E-state index contributed by atoms with van der Waals surface area (Å²) in [6.07, 6.45) is 7.02. The summed E-state index contributed by atoms with van der Waals surface area (Å²) in [6, 6.07) is 14.2. The Hall–Kier alpha value is -2.07. The number of pyridine rings is 1. The van der Waals surface area contributed by atoms with E-state index in [-0.39, 0.29) is 11.7 Å². The molecule has 3 heterocycles. The Bertz CT molecular complexity index is 624. The Morgan fingerprint density at radius 2 is 1.91 bits per heavy atom. The van der Waals surface area contributed by atoms with E-state index in [2.05, 4.69) is 16.0 Å². The number of para-hydroxylation sites is 1. The van der Waals surface area contributed by atoms with Gasteiger partial charge in [-0.1, -0.05) is 18.2 Å². The van der Waals surface area contributed by atoms with Gasteiger partial charge in [0, 0.05) is 25.7 Å². The van der Waals surface area contributed by atoms with Crippen LogP contribution in [0.2, 0.25) is 0 Å². The molecule has 4 nitrogen and oxygen atoms in total. The minimum absolute atomic E-state index is 0.00183. The minimum atomic E-state index is -0.00183. The number of hydrogen-bond acceptors (Lipinski definition) is 4. The van der Waals surface area contributed by atoms with Crippen molar-refractivity contribution in [1.29, 1.82) is 0 Å². The van der Waals surface area contributed by atoms with Crippen molar-refractivity contribution in [2.75, 3.05) is 24.6 Å². The van der Waals surface area contributed by atoms with Crippen molar-refractivity contribution < 1.29 is 9.47 Å². The van der Waals surface area contributed by atoms with Crippen LogP contribution in [0.15, 0.2) is 54.9 Å². The van der Waals surface area contributed by atoms with Crippen molar-refractivity contribution in [3.8, 4) is 5.75 Å². The second-order valence-corrected chi connectivity index (χ2v) is 6.45. The smallest absolute Gasteiger partial charge is 0.125 e. The van der Waals surface area contributed by atoms with Crippen LogP contribution in [-0.2, 0) is 4.74 Å². The van der Waals surface area contributed by atoms with Gasteiger partial charge >= 0.3 is 0 Å². The van der Waals surface area contributed by atoms with E-state index < -0.39 is 0 Å². The van der Waals surface area contributed by atoms with Crippen LogP contribution in [0.5, 0.6) is 5.75 Å². The minimum Gasteiger partial charge on any atom is -0.488 e. The molecule has 23 heavy (non-hydrogen) atoms. The molecule has 2 aliphatic heterocycles. The van der Waals surface area contributed by atoms with Crippen molar-refractivity contribution in [3.63, 3.8) is 0 Å². The zero-order valence-corrected chi connectivity index (χ0v) is 13.2.